The molecule has 1 N–H and O–H groups in total. The number of carbonyl (C=O) groups is 1. The molecule has 2 aromatic rings. The third kappa shape index (κ3) is 4.09. The molecule has 1 aromatic heterocycles. The Hall–Kier alpha value is -2.60. The first kappa shape index (κ1) is 17.2. The second kappa shape index (κ2) is 7.53. The number of para-hydroxylation sites is 1. The lowest BCUT2D eigenvalue weighted by atomic mass is 9.93. The van der Waals surface area contributed by atoms with Gasteiger partial charge in [0.25, 0.3) is 5.91 Å². The quantitative estimate of drug-likeness (QED) is 0.903. The maximum Gasteiger partial charge on any atom is 0.270 e. The average Bonchev–Trinajstić information content (AvgIpc) is 2.67. The fraction of sp³-hybridized carbons (Fsp3) is 0.368. The van der Waals surface area contributed by atoms with Gasteiger partial charge in [-0.3, -0.25) is 9.59 Å². The highest BCUT2D eigenvalue weighted by molar-refractivity contribution is 5.92. The molecule has 1 saturated heterocycles. The molecule has 1 fully saturated rings. The number of aromatic amines is 1. The van der Waals surface area contributed by atoms with E-state index in [4.69, 9.17) is 9.47 Å². The van der Waals surface area contributed by atoms with Crippen molar-refractivity contribution in [3.63, 3.8) is 0 Å². The van der Waals surface area contributed by atoms with Gasteiger partial charge in [0.2, 0.25) is 5.56 Å². The Kier molecular flexibility index (Phi) is 5.19. The van der Waals surface area contributed by atoms with Crippen LogP contribution >= 0.6 is 0 Å². The number of piperidine rings is 1. The number of nitrogens with one attached hydrogen (secondary N) is 1. The summed E-state index contributed by atoms with van der Waals surface area (Å²) in [6, 6.07) is 14.1. The minimum Gasteiger partial charge on any atom is -0.491 e. The summed E-state index contributed by atoms with van der Waals surface area (Å²) < 4.78 is 11.6. The standard InChI is InChI=1S/C19H22N2O4/c1-24-19(14-25-15-7-3-2-4-8-15)11-6-12-21(13-19)18(23)16-9-5-10-17(22)20-16/h2-5,7-10H,6,11-14H2,1H3,(H,20,22)/t19-/m1/s1. The Morgan fingerprint density at radius 2 is 2.00 bits per heavy atom. The van der Waals surface area contributed by atoms with Crippen LogP contribution in [-0.2, 0) is 4.74 Å². The predicted molar refractivity (Wildman–Crippen MR) is 93.9 cm³/mol. The average molecular weight is 342 g/mol. The van der Waals surface area contributed by atoms with E-state index in [1.165, 1.54) is 6.07 Å². The number of likely N-dealkylation sites (tertiary alicyclic amines) is 1. The van der Waals surface area contributed by atoms with Gasteiger partial charge < -0.3 is 19.4 Å². The summed E-state index contributed by atoms with van der Waals surface area (Å²) in [5, 5.41) is 0. The molecule has 0 saturated carbocycles. The molecule has 1 aliphatic heterocycles. The molecule has 0 radical (unpaired) electrons. The zero-order valence-electron chi connectivity index (χ0n) is 14.2. The molecule has 132 valence electrons. The van der Waals surface area contributed by atoms with Crippen molar-refractivity contribution in [3.8, 4) is 5.75 Å². The van der Waals surface area contributed by atoms with Crippen molar-refractivity contribution in [1.29, 1.82) is 0 Å². The maximum absolute atomic E-state index is 12.7. The molecule has 25 heavy (non-hydrogen) atoms. The van der Waals surface area contributed by atoms with E-state index in [2.05, 4.69) is 4.98 Å². The van der Waals surface area contributed by atoms with E-state index in [0.29, 0.717) is 25.4 Å². The molecule has 2 heterocycles. The van der Waals surface area contributed by atoms with Crippen LogP contribution in [0.3, 0.4) is 0 Å². The Labute approximate surface area is 146 Å². The van der Waals surface area contributed by atoms with Crippen molar-refractivity contribution >= 4 is 5.91 Å². The number of carbonyl (C=O) groups excluding carboxylic acids is 1. The minimum absolute atomic E-state index is 0.196. The van der Waals surface area contributed by atoms with E-state index in [1.807, 2.05) is 30.3 Å². The van der Waals surface area contributed by atoms with E-state index >= 15 is 0 Å². The molecule has 1 aromatic carbocycles. The lowest BCUT2D eigenvalue weighted by Gasteiger charge is -2.41. The fourth-order valence-electron chi connectivity index (χ4n) is 3.09. The van der Waals surface area contributed by atoms with Gasteiger partial charge in [-0.1, -0.05) is 24.3 Å². The number of nitrogens with zero attached hydrogens (tertiary/aromatic N) is 1. The Bertz CT molecular complexity index is 774. The van der Waals surface area contributed by atoms with Crippen LogP contribution in [0.25, 0.3) is 0 Å². The van der Waals surface area contributed by atoms with Crippen molar-refractivity contribution in [3.05, 3.63) is 64.6 Å². The number of amides is 1. The van der Waals surface area contributed by atoms with Crippen LogP contribution in [0, 0.1) is 0 Å². The van der Waals surface area contributed by atoms with Crippen LogP contribution in [0.2, 0.25) is 0 Å². The molecule has 0 spiro atoms. The lowest BCUT2D eigenvalue weighted by Crippen LogP contribution is -2.54. The number of methoxy groups -OCH3 is 1. The smallest absolute Gasteiger partial charge is 0.270 e. The van der Waals surface area contributed by atoms with E-state index in [0.717, 1.165) is 18.6 Å². The molecular weight excluding hydrogens is 320 g/mol. The van der Waals surface area contributed by atoms with Gasteiger partial charge >= 0.3 is 0 Å². The number of H-pyrrole nitrogens is 1. The summed E-state index contributed by atoms with van der Waals surface area (Å²) in [7, 11) is 1.65. The van der Waals surface area contributed by atoms with Crippen molar-refractivity contribution < 1.29 is 14.3 Å². The van der Waals surface area contributed by atoms with Gasteiger partial charge in [0.1, 0.15) is 23.7 Å². The number of hydrogen-bond donors (Lipinski definition) is 1. The molecule has 3 rings (SSSR count). The lowest BCUT2D eigenvalue weighted by molar-refractivity contribution is -0.0825. The number of pyridine rings is 1. The summed E-state index contributed by atoms with van der Waals surface area (Å²) in [5.41, 5.74) is -0.546. The second-order valence-electron chi connectivity index (χ2n) is 6.25. The summed E-state index contributed by atoms with van der Waals surface area (Å²) in [4.78, 5) is 28.4. The highest BCUT2D eigenvalue weighted by atomic mass is 16.5. The Balaban J connectivity index is 1.71. The van der Waals surface area contributed by atoms with Gasteiger partial charge in [0, 0.05) is 19.7 Å². The monoisotopic (exact) mass is 342 g/mol. The van der Waals surface area contributed by atoms with Crippen molar-refractivity contribution in [2.24, 2.45) is 0 Å². The molecule has 0 aliphatic carbocycles. The number of ether oxygens (including phenoxy) is 2. The Morgan fingerprint density at radius 1 is 1.20 bits per heavy atom. The first-order valence-corrected chi connectivity index (χ1v) is 8.33. The normalized spacial score (nSPS) is 20.3. The van der Waals surface area contributed by atoms with E-state index in [-0.39, 0.29) is 11.5 Å². The Morgan fingerprint density at radius 3 is 2.72 bits per heavy atom. The number of aromatic nitrogens is 1. The third-order valence-electron chi connectivity index (χ3n) is 4.50. The van der Waals surface area contributed by atoms with E-state index in [9.17, 15) is 9.59 Å². The fourth-order valence-corrected chi connectivity index (χ4v) is 3.09. The summed E-state index contributed by atoms with van der Waals surface area (Å²) in [6.45, 7) is 1.42. The molecule has 6 nitrogen and oxygen atoms in total. The first-order valence-electron chi connectivity index (χ1n) is 8.33. The predicted octanol–water partition coefficient (Wildman–Crippen LogP) is 2.08. The third-order valence-corrected chi connectivity index (χ3v) is 4.50. The van der Waals surface area contributed by atoms with Crippen LogP contribution in [0.1, 0.15) is 23.3 Å². The van der Waals surface area contributed by atoms with Gasteiger partial charge in [0.15, 0.2) is 0 Å². The van der Waals surface area contributed by atoms with Gasteiger partial charge in [0.05, 0.1) is 6.54 Å². The molecule has 0 unspecified atom stereocenters. The largest absolute Gasteiger partial charge is 0.491 e. The molecule has 0 bridgehead atoms. The number of rotatable bonds is 5. The SMILES string of the molecule is CO[C@]1(COc2ccccc2)CCCN(C(=O)c2cccc(=O)[nH]2)C1. The maximum atomic E-state index is 12.7. The van der Waals surface area contributed by atoms with Crippen LogP contribution in [0.4, 0.5) is 0 Å². The zero-order valence-corrected chi connectivity index (χ0v) is 14.2. The van der Waals surface area contributed by atoms with Crippen molar-refractivity contribution in [1.82, 2.24) is 9.88 Å². The van der Waals surface area contributed by atoms with Gasteiger partial charge in [-0.25, -0.2) is 0 Å². The van der Waals surface area contributed by atoms with E-state index < -0.39 is 5.60 Å². The minimum atomic E-state index is -0.557. The molecule has 1 amide bonds. The molecule has 1 atom stereocenters. The van der Waals surface area contributed by atoms with Crippen LogP contribution in [0.15, 0.2) is 53.3 Å². The van der Waals surface area contributed by atoms with Crippen molar-refractivity contribution in [2.45, 2.75) is 18.4 Å². The van der Waals surface area contributed by atoms with E-state index in [1.54, 1.807) is 24.1 Å². The molecule has 1 aliphatic rings. The number of hydrogen-bond acceptors (Lipinski definition) is 4. The van der Waals surface area contributed by atoms with Gasteiger partial charge in [-0.2, -0.15) is 0 Å². The van der Waals surface area contributed by atoms with Crippen molar-refractivity contribution in [2.75, 3.05) is 26.8 Å². The highest BCUT2D eigenvalue weighted by Crippen LogP contribution is 2.26. The highest BCUT2D eigenvalue weighted by Gasteiger charge is 2.38. The summed E-state index contributed by atoms with van der Waals surface area (Å²) in [5.74, 6) is 0.577. The van der Waals surface area contributed by atoms with Crippen LogP contribution in [0.5, 0.6) is 5.75 Å². The summed E-state index contributed by atoms with van der Waals surface area (Å²) in [6.07, 6.45) is 1.63. The molecule has 6 heteroatoms. The zero-order chi connectivity index (χ0) is 17.7. The van der Waals surface area contributed by atoms with Gasteiger partial charge in [-0.15, -0.1) is 0 Å². The van der Waals surface area contributed by atoms with Crippen LogP contribution in [-0.4, -0.2) is 48.2 Å². The first-order chi connectivity index (χ1) is 12.1. The number of benzene rings is 1. The van der Waals surface area contributed by atoms with Gasteiger partial charge in [-0.05, 0) is 31.0 Å². The second-order valence-corrected chi connectivity index (χ2v) is 6.25. The van der Waals surface area contributed by atoms with Crippen LogP contribution < -0.4 is 10.3 Å². The molecular formula is C19H22N2O4. The summed E-state index contributed by atoms with van der Waals surface area (Å²) >= 11 is 0. The topological polar surface area (TPSA) is 71.6 Å².